The summed E-state index contributed by atoms with van der Waals surface area (Å²) in [5.74, 6) is 2.31. The molecule has 112 valence electrons. The van der Waals surface area contributed by atoms with Crippen LogP contribution >= 0.6 is 23.2 Å². The van der Waals surface area contributed by atoms with Crippen molar-refractivity contribution in [2.75, 3.05) is 13.1 Å². The summed E-state index contributed by atoms with van der Waals surface area (Å²) in [5, 5.41) is 5.16. The first-order valence-corrected chi connectivity index (χ1v) is 8.50. The predicted octanol–water partition coefficient (Wildman–Crippen LogP) is 5.20. The molecule has 1 fully saturated rings. The Hall–Kier alpha value is -0.240. The maximum Gasteiger partial charge on any atom is 0.0439 e. The molecule has 1 aliphatic carbocycles. The summed E-state index contributed by atoms with van der Waals surface area (Å²) in [6.07, 6.45) is 5.05. The lowest BCUT2D eigenvalue weighted by Gasteiger charge is -2.35. The topological polar surface area (TPSA) is 12.0 Å². The van der Waals surface area contributed by atoms with Crippen LogP contribution in [0.15, 0.2) is 18.2 Å². The van der Waals surface area contributed by atoms with E-state index in [2.05, 4.69) is 19.2 Å². The van der Waals surface area contributed by atoms with Gasteiger partial charge < -0.3 is 5.32 Å². The molecule has 2 rings (SSSR count). The molecule has 1 aromatic carbocycles. The molecule has 0 bridgehead atoms. The molecule has 1 saturated carbocycles. The van der Waals surface area contributed by atoms with Crippen molar-refractivity contribution in [1.29, 1.82) is 0 Å². The van der Waals surface area contributed by atoms with E-state index in [1.807, 2.05) is 18.2 Å². The molecule has 0 spiro atoms. The summed E-state index contributed by atoms with van der Waals surface area (Å²) < 4.78 is 0. The third kappa shape index (κ3) is 4.38. The highest BCUT2D eigenvalue weighted by atomic mass is 35.5. The van der Waals surface area contributed by atoms with E-state index in [1.54, 1.807) is 0 Å². The third-order valence-electron chi connectivity index (χ3n) is 4.55. The molecule has 1 aromatic rings. The summed E-state index contributed by atoms with van der Waals surface area (Å²) in [6.45, 7) is 6.73. The van der Waals surface area contributed by atoms with Gasteiger partial charge in [-0.1, -0.05) is 43.5 Å². The van der Waals surface area contributed by atoms with Crippen LogP contribution < -0.4 is 5.32 Å². The highest BCUT2D eigenvalue weighted by Crippen LogP contribution is 2.37. The molecule has 3 heteroatoms. The number of hydrogen-bond acceptors (Lipinski definition) is 1. The van der Waals surface area contributed by atoms with Crippen molar-refractivity contribution < 1.29 is 0 Å². The van der Waals surface area contributed by atoms with E-state index in [4.69, 9.17) is 23.2 Å². The quantitative estimate of drug-likeness (QED) is 0.788. The SMILES string of the molecule is CCNCC1CCC(C)CC1Cc1cc(Cl)ccc1Cl. The van der Waals surface area contributed by atoms with E-state index >= 15 is 0 Å². The summed E-state index contributed by atoms with van der Waals surface area (Å²) in [5.41, 5.74) is 1.21. The zero-order valence-corrected chi connectivity index (χ0v) is 14.0. The second-order valence-corrected chi connectivity index (χ2v) is 7.03. The van der Waals surface area contributed by atoms with Crippen LogP contribution in [0, 0.1) is 17.8 Å². The van der Waals surface area contributed by atoms with Crippen molar-refractivity contribution in [2.45, 2.75) is 39.5 Å². The molecule has 0 radical (unpaired) electrons. The summed E-state index contributed by atoms with van der Waals surface area (Å²) in [6, 6.07) is 5.82. The fourth-order valence-corrected chi connectivity index (χ4v) is 3.78. The van der Waals surface area contributed by atoms with Crippen LogP contribution in [0.3, 0.4) is 0 Å². The minimum Gasteiger partial charge on any atom is -0.317 e. The molecule has 20 heavy (non-hydrogen) atoms. The first-order chi connectivity index (χ1) is 9.60. The van der Waals surface area contributed by atoms with E-state index in [0.717, 1.165) is 41.4 Å². The van der Waals surface area contributed by atoms with Gasteiger partial charge in [0.05, 0.1) is 0 Å². The van der Waals surface area contributed by atoms with Crippen LogP contribution in [-0.4, -0.2) is 13.1 Å². The van der Waals surface area contributed by atoms with Gasteiger partial charge in [0.15, 0.2) is 0 Å². The number of benzene rings is 1. The third-order valence-corrected chi connectivity index (χ3v) is 5.15. The van der Waals surface area contributed by atoms with E-state index in [1.165, 1.54) is 24.8 Å². The predicted molar refractivity (Wildman–Crippen MR) is 88.7 cm³/mol. The number of nitrogens with one attached hydrogen (secondary N) is 1. The maximum atomic E-state index is 6.33. The molecule has 0 aromatic heterocycles. The fraction of sp³-hybridized carbons (Fsp3) is 0.647. The van der Waals surface area contributed by atoms with Gasteiger partial charge in [-0.05, 0) is 73.9 Å². The van der Waals surface area contributed by atoms with Crippen LogP contribution in [0.5, 0.6) is 0 Å². The largest absolute Gasteiger partial charge is 0.317 e. The van der Waals surface area contributed by atoms with Gasteiger partial charge in [0.25, 0.3) is 0 Å². The van der Waals surface area contributed by atoms with Gasteiger partial charge in [-0.2, -0.15) is 0 Å². The smallest absolute Gasteiger partial charge is 0.0439 e. The normalized spacial score (nSPS) is 26.7. The molecule has 3 atom stereocenters. The van der Waals surface area contributed by atoms with Gasteiger partial charge in [-0.15, -0.1) is 0 Å². The van der Waals surface area contributed by atoms with Crippen molar-refractivity contribution in [3.63, 3.8) is 0 Å². The van der Waals surface area contributed by atoms with E-state index < -0.39 is 0 Å². The van der Waals surface area contributed by atoms with Gasteiger partial charge in [0.2, 0.25) is 0 Å². The Bertz CT molecular complexity index is 431. The van der Waals surface area contributed by atoms with E-state index in [9.17, 15) is 0 Å². The number of halogens is 2. The summed E-state index contributed by atoms with van der Waals surface area (Å²) in [4.78, 5) is 0. The number of hydrogen-bond donors (Lipinski definition) is 1. The van der Waals surface area contributed by atoms with Crippen molar-refractivity contribution in [3.8, 4) is 0 Å². The first kappa shape index (κ1) is 16.1. The van der Waals surface area contributed by atoms with Crippen molar-refractivity contribution in [2.24, 2.45) is 17.8 Å². The zero-order chi connectivity index (χ0) is 14.5. The Labute approximate surface area is 133 Å². The lowest BCUT2D eigenvalue weighted by Crippen LogP contribution is -2.33. The molecule has 0 saturated heterocycles. The highest BCUT2D eigenvalue weighted by Gasteiger charge is 2.28. The number of rotatable bonds is 5. The van der Waals surface area contributed by atoms with Crippen LogP contribution in [0.25, 0.3) is 0 Å². The molecule has 0 aliphatic heterocycles. The van der Waals surface area contributed by atoms with Gasteiger partial charge in [0, 0.05) is 10.0 Å². The molecular weight excluding hydrogens is 289 g/mol. The van der Waals surface area contributed by atoms with E-state index in [0.29, 0.717) is 5.92 Å². The molecule has 3 unspecified atom stereocenters. The molecule has 1 aliphatic rings. The monoisotopic (exact) mass is 313 g/mol. The van der Waals surface area contributed by atoms with Crippen LogP contribution in [0.4, 0.5) is 0 Å². The molecular formula is C17H25Cl2N. The molecule has 0 heterocycles. The van der Waals surface area contributed by atoms with Crippen LogP contribution in [0.2, 0.25) is 10.0 Å². The van der Waals surface area contributed by atoms with Gasteiger partial charge in [-0.25, -0.2) is 0 Å². The average molecular weight is 314 g/mol. The lowest BCUT2D eigenvalue weighted by molar-refractivity contribution is 0.184. The van der Waals surface area contributed by atoms with Crippen LogP contribution in [-0.2, 0) is 6.42 Å². The average Bonchev–Trinajstić information content (AvgIpc) is 2.42. The van der Waals surface area contributed by atoms with Gasteiger partial charge in [0.1, 0.15) is 0 Å². The molecule has 1 nitrogen and oxygen atoms in total. The van der Waals surface area contributed by atoms with Crippen molar-refractivity contribution in [1.82, 2.24) is 5.32 Å². The first-order valence-electron chi connectivity index (χ1n) is 7.74. The maximum absolute atomic E-state index is 6.33. The Kier molecular flexibility index (Phi) is 6.20. The lowest BCUT2D eigenvalue weighted by atomic mass is 9.72. The molecule has 1 N–H and O–H groups in total. The standard InChI is InChI=1S/C17H25Cl2N/c1-3-20-11-13-5-4-12(2)8-14(13)9-15-10-16(18)6-7-17(15)19/h6-7,10,12-14,20H,3-5,8-9,11H2,1-2H3. The van der Waals surface area contributed by atoms with Crippen molar-refractivity contribution in [3.05, 3.63) is 33.8 Å². The van der Waals surface area contributed by atoms with Crippen LogP contribution in [0.1, 0.15) is 38.7 Å². The Morgan fingerprint density at radius 1 is 1.20 bits per heavy atom. The summed E-state index contributed by atoms with van der Waals surface area (Å²) >= 11 is 12.4. The Balaban J connectivity index is 2.08. The minimum absolute atomic E-state index is 0.716. The Morgan fingerprint density at radius 2 is 2.00 bits per heavy atom. The second kappa shape index (κ2) is 7.68. The minimum atomic E-state index is 0.716. The summed E-state index contributed by atoms with van der Waals surface area (Å²) in [7, 11) is 0. The van der Waals surface area contributed by atoms with Gasteiger partial charge >= 0.3 is 0 Å². The molecule has 0 amide bonds. The van der Waals surface area contributed by atoms with E-state index in [-0.39, 0.29) is 0 Å². The van der Waals surface area contributed by atoms with Crippen molar-refractivity contribution >= 4 is 23.2 Å². The highest BCUT2D eigenvalue weighted by molar-refractivity contribution is 6.33. The fourth-order valence-electron chi connectivity index (χ4n) is 3.39. The zero-order valence-electron chi connectivity index (χ0n) is 12.5. The second-order valence-electron chi connectivity index (χ2n) is 6.19. The van der Waals surface area contributed by atoms with Gasteiger partial charge in [-0.3, -0.25) is 0 Å². The Morgan fingerprint density at radius 3 is 2.75 bits per heavy atom.